The monoisotopic (exact) mass is 1030 g/mol. The molecule has 0 bridgehead atoms. The van der Waals surface area contributed by atoms with E-state index in [1.54, 1.807) is 0 Å². The van der Waals surface area contributed by atoms with E-state index in [1.165, 1.54) is 109 Å². The SMILES string of the molecule is CC1=Cc2c(-c3ccc(N(C)C)cc3)cccc2C1[Si](C)(C)C1C(C)=Cc2c(-c3ccc(N(C)C)cc3)cccc21.CC1=Cc2c(Br)cccc2C1[Si](C)(C)C1C(C)=Cc2c(Br)cccc21. The molecule has 4 unspecified atom stereocenters. The van der Waals surface area contributed by atoms with Gasteiger partial charge < -0.3 is 9.80 Å². The summed E-state index contributed by atoms with van der Waals surface area (Å²) < 4.78 is 2.44. The molecule has 336 valence electrons. The first-order chi connectivity index (χ1) is 31.4. The van der Waals surface area contributed by atoms with Crippen molar-refractivity contribution in [3.8, 4) is 22.3 Å². The number of hydrogen-bond acceptors (Lipinski definition) is 2. The smallest absolute Gasteiger partial charge is 0.0722 e. The largest absolute Gasteiger partial charge is 0.378 e. The Balaban J connectivity index is 0.000000187. The van der Waals surface area contributed by atoms with Gasteiger partial charge in [-0.3, -0.25) is 0 Å². The molecule has 4 aliphatic rings. The summed E-state index contributed by atoms with van der Waals surface area (Å²) >= 11 is 7.51. The van der Waals surface area contributed by atoms with Gasteiger partial charge in [-0.1, -0.05) is 190 Å². The lowest BCUT2D eigenvalue weighted by atomic mass is 9.96. The average molecular weight is 1030 g/mol. The minimum atomic E-state index is -1.91. The Morgan fingerprint density at radius 2 is 0.636 bits per heavy atom. The third-order valence-corrected chi connectivity index (χ3v) is 25.8. The lowest BCUT2D eigenvalue weighted by Crippen LogP contribution is -2.42. The number of hydrogen-bond donors (Lipinski definition) is 0. The van der Waals surface area contributed by atoms with Gasteiger partial charge in [-0.05, 0) is 131 Å². The predicted octanol–water partition coefficient (Wildman–Crippen LogP) is 17.3. The maximum absolute atomic E-state index is 3.75. The van der Waals surface area contributed by atoms with Gasteiger partial charge in [0.25, 0.3) is 0 Å². The molecule has 66 heavy (non-hydrogen) atoms. The van der Waals surface area contributed by atoms with Gasteiger partial charge in [-0.25, -0.2) is 0 Å². The molecule has 10 rings (SSSR count). The van der Waals surface area contributed by atoms with Crippen LogP contribution < -0.4 is 9.80 Å². The van der Waals surface area contributed by atoms with Crippen LogP contribution in [0.5, 0.6) is 0 Å². The Morgan fingerprint density at radius 3 is 0.939 bits per heavy atom. The second kappa shape index (κ2) is 17.7. The fourth-order valence-corrected chi connectivity index (χ4v) is 23.7. The summed E-state index contributed by atoms with van der Waals surface area (Å²) in [5, 5.41) is 0. The number of nitrogens with zero attached hydrogens (tertiary/aromatic N) is 2. The van der Waals surface area contributed by atoms with Gasteiger partial charge in [0.2, 0.25) is 0 Å². The molecule has 4 atom stereocenters. The zero-order chi connectivity index (χ0) is 47.0. The molecule has 0 fully saturated rings. The van der Waals surface area contributed by atoms with E-state index in [9.17, 15) is 0 Å². The molecule has 0 saturated heterocycles. The quantitative estimate of drug-likeness (QED) is 0.140. The maximum atomic E-state index is 3.75. The molecule has 0 radical (unpaired) electrons. The number of halogens is 2. The first-order valence-electron chi connectivity index (χ1n) is 23.5. The van der Waals surface area contributed by atoms with E-state index in [-0.39, 0.29) is 0 Å². The van der Waals surface area contributed by atoms with Crippen molar-refractivity contribution in [1.82, 2.24) is 0 Å². The van der Waals surface area contributed by atoms with Gasteiger partial charge >= 0.3 is 0 Å². The zero-order valence-corrected chi connectivity index (χ0v) is 46.0. The molecular weight excluding hydrogens is 965 g/mol. The highest BCUT2D eigenvalue weighted by molar-refractivity contribution is 9.10. The van der Waals surface area contributed by atoms with Crippen molar-refractivity contribution < 1.29 is 0 Å². The van der Waals surface area contributed by atoms with Crippen LogP contribution in [0.25, 0.3) is 46.6 Å². The van der Waals surface area contributed by atoms with Gasteiger partial charge in [-0.15, -0.1) is 0 Å². The van der Waals surface area contributed by atoms with Crippen LogP contribution in [-0.2, 0) is 0 Å². The summed E-state index contributed by atoms with van der Waals surface area (Å²) in [5.74, 6) is 0. The molecule has 2 nitrogen and oxygen atoms in total. The molecule has 0 spiro atoms. The topological polar surface area (TPSA) is 6.48 Å². The van der Waals surface area contributed by atoms with E-state index >= 15 is 0 Å². The summed E-state index contributed by atoms with van der Waals surface area (Å²) in [6.07, 6.45) is 9.77. The number of benzene rings is 6. The van der Waals surface area contributed by atoms with Crippen LogP contribution in [0.2, 0.25) is 26.2 Å². The van der Waals surface area contributed by atoms with E-state index in [1.807, 2.05) is 0 Å². The highest BCUT2D eigenvalue weighted by Gasteiger charge is 2.48. The average Bonchev–Trinajstić information content (AvgIpc) is 4.03. The minimum Gasteiger partial charge on any atom is -0.378 e. The molecular formula is C60H64Br2N2Si2. The van der Waals surface area contributed by atoms with Gasteiger partial charge in [0.15, 0.2) is 0 Å². The van der Waals surface area contributed by atoms with Crippen LogP contribution in [-0.4, -0.2) is 44.3 Å². The van der Waals surface area contributed by atoms with Crippen LogP contribution >= 0.6 is 31.9 Å². The Kier molecular flexibility index (Phi) is 12.5. The standard InChI is InChI=1S/C38H42N2Si.C22H22Br2Si/c1-25-23-35-31(27-15-19-29(20-16-27)39(3)4)11-9-13-33(35)37(25)41(7,8)38-26(2)24-36-32(12-10-14-34(36)38)28-17-21-30(22-18-28)40(5)6;1-13-11-17-15(7-5-9-19(17)23)21(13)25(3,4)22-14(2)12-18-16(22)8-6-10-20(18)24/h9-24,37-38H,1-8H3;5-12,21-22H,1-4H3. The molecule has 0 aliphatic heterocycles. The van der Waals surface area contributed by atoms with Crippen molar-refractivity contribution in [3.05, 3.63) is 197 Å². The van der Waals surface area contributed by atoms with Crippen molar-refractivity contribution in [2.75, 3.05) is 38.0 Å². The summed E-state index contributed by atoms with van der Waals surface area (Å²) in [5.41, 5.74) is 27.6. The van der Waals surface area contributed by atoms with E-state index < -0.39 is 16.1 Å². The molecule has 0 saturated carbocycles. The summed E-state index contributed by atoms with van der Waals surface area (Å²) in [6, 6.07) is 45.3. The Hall–Kier alpha value is -4.73. The second-order valence-corrected chi connectivity index (χ2v) is 32.2. The minimum absolute atomic E-state index is 0.487. The lowest BCUT2D eigenvalue weighted by molar-refractivity contribution is 0.967. The Labute approximate surface area is 414 Å². The highest BCUT2D eigenvalue weighted by Crippen LogP contribution is 2.56. The van der Waals surface area contributed by atoms with Crippen molar-refractivity contribution in [2.24, 2.45) is 0 Å². The zero-order valence-electron chi connectivity index (χ0n) is 40.8. The van der Waals surface area contributed by atoms with Crippen molar-refractivity contribution in [2.45, 2.75) is 76.0 Å². The van der Waals surface area contributed by atoms with Crippen LogP contribution in [0.4, 0.5) is 11.4 Å². The first kappa shape index (κ1) is 46.4. The summed E-state index contributed by atoms with van der Waals surface area (Å²) in [4.78, 5) is 4.32. The van der Waals surface area contributed by atoms with Crippen LogP contribution in [0, 0.1) is 0 Å². The van der Waals surface area contributed by atoms with Crippen molar-refractivity contribution >= 4 is 83.7 Å². The Morgan fingerprint density at radius 1 is 0.364 bits per heavy atom. The van der Waals surface area contributed by atoms with Crippen LogP contribution in [0.1, 0.15) is 94.4 Å². The summed E-state index contributed by atoms with van der Waals surface area (Å²) in [7, 11) is 4.79. The first-order valence-corrected chi connectivity index (χ1v) is 31.4. The Bertz CT molecular complexity index is 2800. The molecule has 0 N–H and O–H groups in total. The van der Waals surface area contributed by atoms with E-state index in [4.69, 9.17) is 0 Å². The summed E-state index contributed by atoms with van der Waals surface area (Å²) in [6.45, 7) is 19.8. The van der Waals surface area contributed by atoms with E-state index in [2.05, 4.69) is 269 Å². The molecule has 6 aromatic carbocycles. The van der Waals surface area contributed by atoms with E-state index in [0.29, 0.717) is 22.2 Å². The third-order valence-electron chi connectivity index (χ3n) is 15.4. The fraction of sp³-hybridized carbons (Fsp3) is 0.267. The molecule has 0 aromatic heterocycles. The van der Waals surface area contributed by atoms with Gasteiger partial charge in [0, 0.05) is 70.7 Å². The van der Waals surface area contributed by atoms with Gasteiger partial charge in [0.1, 0.15) is 0 Å². The molecule has 6 aromatic rings. The molecule has 4 aliphatic carbocycles. The maximum Gasteiger partial charge on any atom is 0.0722 e. The lowest BCUT2D eigenvalue weighted by Gasteiger charge is -2.39. The van der Waals surface area contributed by atoms with Crippen molar-refractivity contribution in [3.63, 3.8) is 0 Å². The number of allylic oxidation sites excluding steroid dienone is 4. The van der Waals surface area contributed by atoms with Crippen LogP contribution in [0.15, 0.2) is 153 Å². The van der Waals surface area contributed by atoms with Gasteiger partial charge in [-0.2, -0.15) is 0 Å². The normalized spacial score (nSPS) is 19.1. The highest BCUT2D eigenvalue weighted by atomic mass is 79.9. The number of anilines is 2. The third kappa shape index (κ3) is 7.93. The number of fused-ring (bicyclic) bond motifs is 4. The predicted molar refractivity (Wildman–Crippen MR) is 301 cm³/mol. The number of rotatable bonds is 8. The fourth-order valence-electron chi connectivity index (χ4n) is 12.8. The molecule has 0 heterocycles. The van der Waals surface area contributed by atoms with E-state index in [0.717, 1.165) is 0 Å². The van der Waals surface area contributed by atoms with Crippen molar-refractivity contribution in [1.29, 1.82) is 0 Å². The van der Waals surface area contributed by atoms with Gasteiger partial charge in [0.05, 0.1) is 16.1 Å². The molecule has 6 heteroatoms. The second-order valence-electron chi connectivity index (χ2n) is 20.9. The molecule has 0 amide bonds. The van der Waals surface area contributed by atoms with Crippen LogP contribution in [0.3, 0.4) is 0 Å².